The fourth-order valence-electron chi connectivity index (χ4n) is 12.7. The van der Waals surface area contributed by atoms with Gasteiger partial charge in [-0.15, -0.1) is 0 Å². The second-order valence-corrected chi connectivity index (χ2v) is 28.8. The molecule has 6 N–H and O–H groups in total. The molecule has 96 heavy (non-hydrogen) atoms. The summed E-state index contributed by atoms with van der Waals surface area (Å²) in [6.45, 7) is 20.7. The maximum absolute atomic E-state index is 14.5. The highest BCUT2D eigenvalue weighted by Gasteiger charge is 2.43. The largest absolute Gasteiger partial charge is 0.509 e. The minimum Gasteiger partial charge on any atom is -0.507 e. The van der Waals surface area contributed by atoms with Crippen molar-refractivity contribution < 1.29 is 71.4 Å². The van der Waals surface area contributed by atoms with Gasteiger partial charge in [0.05, 0.1) is 23.1 Å². The van der Waals surface area contributed by atoms with Crippen LogP contribution in [-0.2, 0) is 28.5 Å². The Bertz CT molecular complexity index is 3680. The Labute approximate surface area is 568 Å². The zero-order chi connectivity index (χ0) is 70.0. The smallest absolute Gasteiger partial charge is 0.507 e. The van der Waals surface area contributed by atoms with Crippen LogP contribution in [0.1, 0.15) is 131 Å². The van der Waals surface area contributed by atoms with E-state index in [4.69, 9.17) is 60.5 Å². The molecule has 0 saturated carbocycles. The van der Waals surface area contributed by atoms with Crippen LogP contribution in [0.2, 0.25) is 10.0 Å². The topological polar surface area (TPSA) is 296 Å². The molecule has 2 saturated heterocycles. The molecule has 4 aromatic carbocycles. The number of phenols is 2. The number of ether oxygens (including phenoxy) is 6. The zero-order valence-electron chi connectivity index (χ0n) is 56.7. The molecule has 2 aromatic heterocycles. The first-order chi connectivity index (χ1) is 45.1. The van der Waals surface area contributed by atoms with Gasteiger partial charge in [-0.1, -0.05) is 47.5 Å². The first-order valence-electron chi connectivity index (χ1n) is 32.4. The van der Waals surface area contributed by atoms with Gasteiger partial charge < -0.3 is 78.5 Å². The van der Waals surface area contributed by atoms with Crippen LogP contribution in [0.5, 0.6) is 23.0 Å². The number of aromatic hydroxyl groups is 2. The van der Waals surface area contributed by atoms with E-state index in [0.29, 0.717) is 97.3 Å². The predicted octanol–water partition coefficient (Wildman–Crippen LogP) is 12.0. The van der Waals surface area contributed by atoms with Gasteiger partial charge in [0.2, 0.25) is 0 Å². The lowest BCUT2D eigenvalue weighted by atomic mass is 9.74. The van der Waals surface area contributed by atoms with Crippen LogP contribution in [0.3, 0.4) is 0 Å². The zero-order valence-corrected chi connectivity index (χ0v) is 58.2. The van der Waals surface area contributed by atoms with Crippen LogP contribution in [0.4, 0.5) is 14.4 Å². The summed E-state index contributed by atoms with van der Waals surface area (Å²) in [6.07, 6.45) is -0.529. The Hall–Kier alpha value is -7.93. The van der Waals surface area contributed by atoms with Crippen LogP contribution in [0.25, 0.3) is 44.6 Å². The summed E-state index contributed by atoms with van der Waals surface area (Å²) in [7, 11) is 3.91. The molecule has 6 aromatic rings. The summed E-state index contributed by atoms with van der Waals surface area (Å²) < 4.78 is 48.7. The number of carbonyl (C=O) groups is 5. The molecule has 4 unspecified atom stereocenters. The van der Waals surface area contributed by atoms with Crippen molar-refractivity contribution in [2.24, 2.45) is 11.8 Å². The van der Waals surface area contributed by atoms with Crippen LogP contribution < -0.4 is 41.6 Å². The molecular weight excluding hydrogens is 1280 g/mol. The van der Waals surface area contributed by atoms with Gasteiger partial charge in [0.25, 0.3) is 0 Å². The maximum atomic E-state index is 14.5. The number of rotatable bonds is 24. The van der Waals surface area contributed by atoms with Crippen LogP contribution in [0, 0.1) is 11.8 Å². The summed E-state index contributed by atoms with van der Waals surface area (Å²) in [5.74, 6) is -3.53. The summed E-state index contributed by atoms with van der Waals surface area (Å²) >= 11 is 13.3. The summed E-state index contributed by atoms with van der Waals surface area (Å²) in [5.41, 5.74) is -3.42. The third-order valence-corrected chi connectivity index (χ3v) is 17.1. The number of hydrogen-bond donors (Lipinski definition) is 6. The van der Waals surface area contributed by atoms with Gasteiger partial charge in [0, 0.05) is 72.7 Å². The van der Waals surface area contributed by atoms with Crippen molar-refractivity contribution in [1.29, 1.82) is 0 Å². The quantitative estimate of drug-likeness (QED) is 0.0186. The Morgan fingerprint density at radius 2 is 0.927 bits per heavy atom. The van der Waals surface area contributed by atoms with Crippen molar-refractivity contribution in [3.05, 3.63) is 114 Å². The second-order valence-electron chi connectivity index (χ2n) is 28.0. The molecule has 8 rings (SSSR count). The minimum absolute atomic E-state index is 0.0129. The highest BCUT2D eigenvalue weighted by Crippen LogP contribution is 2.50. The predicted molar refractivity (Wildman–Crippen MR) is 366 cm³/mol. The molecule has 4 atom stereocenters. The van der Waals surface area contributed by atoms with E-state index in [2.05, 4.69) is 31.1 Å². The van der Waals surface area contributed by atoms with E-state index < -0.39 is 86.9 Å². The summed E-state index contributed by atoms with van der Waals surface area (Å²) in [5, 5.41) is 35.0. The molecule has 25 heteroatoms. The monoisotopic (exact) mass is 1370 g/mol. The van der Waals surface area contributed by atoms with E-state index in [0.717, 1.165) is 0 Å². The average molecular weight is 1370 g/mol. The number of likely N-dealkylation sites (tertiary alicyclic amines) is 2. The van der Waals surface area contributed by atoms with Crippen molar-refractivity contribution >= 4 is 75.4 Å². The van der Waals surface area contributed by atoms with Gasteiger partial charge in [0.1, 0.15) is 78.9 Å². The molecule has 4 heterocycles. The number of halogens is 2. The SMILES string of the molecule is CN1CCC(c2c(OC(=O)NCCCNCC(=O)OC(C)(C)C)cc(O)c3c(=O)cc(-c4ccccc4Cl)oc23)C(CC(C)(C)OC(=O)OC(C)(C)CC2CN(C)CCC2c2c(OC(=O)NCCCNCC(=O)OC(C)(C)C)cc(O)c3c(=O)cc(-c4ccccc4Cl)oc23)C1. The van der Waals surface area contributed by atoms with E-state index >= 15 is 0 Å². The van der Waals surface area contributed by atoms with Crippen molar-refractivity contribution in [2.45, 2.75) is 142 Å². The van der Waals surface area contributed by atoms with Gasteiger partial charge in [-0.05, 0) is 196 Å². The number of esters is 2. The number of nitrogens with one attached hydrogen (secondary N) is 4. The minimum atomic E-state index is -1.24. The lowest BCUT2D eigenvalue weighted by Gasteiger charge is -2.42. The molecule has 2 fully saturated rings. The van der Waals surface area contributed by atoms with E-state index in [1.165, 1.54) is 24.3 Å². The van der Waals surface area contributed by atoms with Gasteiger partial charge in [0.15, 0.2) is 10.9 Å². The molecule has 0 spiro atoms. The first-order valence-corrected chi connectivity index (χ1v) is 33.1. The van der Waals surface area contributed by atoms with Crippen molar-refractivity contribution in [3.63, 3.8) is 0 Å². The number of fused-ring (bicyclic) bond motifs is 2. The van der Waals surface area contributed by atoms with Gasteiger partial charge in [-0.25, -0.2) is 14.4 Å². The Kier molecular flexibility index (Phi) is 24.2. The lowest BCUT2D eigenvalue weighted by Crippen LogP contribution is -2.44. The number of nitrogens with zero attached hydrogens (tertiary/aromatic N) is 2. The van der Waals surface area contributed by atoms with E-state index in [9.17, 15) is 43.8 Å². The number of benzene rings is 4. The highest BCUT2D eigenvalue weighted by molar-refractivity contribution is 6.33. The summed E-state index contributed by atoms with van der Waals surface area (Å²) in [4.78, 5) is 99.0. The number of phenolic OH excluding ortho intramolecular Hbond substituents is 2. The molecule has 0 aliphatic carbocycles. The molecule has 23 nitrogen and oxygen atoms in total. The molecule has 0 radical (unpaired) electrons. The standard InChI is InChI=1S/C71H90Cl2N6O17/c1-68(2,3)93-57(84)37-74-25-17-27-76-65(86)91-55-33-51(82)61-49(80)31-53(45-19-13-15-21-47(45)72)89-63(61)59(55)43-23-29-78(11)39-41(43)35-70(7,8)95-67(88)96-71(9,10)36-42-40-79(12)30-24-44(42)60-56(92-66(87)77-28-18-26-75-38-58(85)94-69(4,5)6)34-52(83)62-50(81)32-54(90-64(60)62)46-20-14-16-22-48(46)73/h13-16,19-22,31-34,41-44,74-75,82-83H,17-18,23-30,35-40H2,1-12H3,(H,76,86)(H,77,87). The number of piperidine rings is 2. The Balaban J connectivity index is 1.04. The number of hydrogen-bond acceptors (Lipinski definition) is 21. The lowest BCUT2D eigenvalue weighted by molar-refractivity contribution is -0.154. The third-order valence-electron chi connectivity index (χ3n) is 16.5. The molecular formula is C71H90Cl2N6O17. The van der Waals surface area contributed by atoms with E-state index in [1.54, 1.807) is 118 Å². The fourth-order valence-corrected chi connectivity index (χ4v) is 13.2. The number of amides is 2. The molecule has 2 aliphatic rings. The van der Waals surface area contributed by atoms with Crippen molar-refractivity contribution in [3.8, 4) is 45.6 Å². The fraction of sp³-hybridized carbons (Fsp3) is 0.507. The normalized spacial score (nSPS) is 17.4. The average Bonchev–Trinajstić information content (AvgIpc) is 0.751. The Morgan fingerprint density at radius 3 is 1.29 bits per heavy atom. The number of carbonyl (C=O) groups excluding carboxylic acids is 5. The first kappa shape index (κ1) is 73.9. The summed E-state index contributed by atoms with van der Waals surface area (Å²) in [6, 6.07) is 18.6. The van der Waals surface area contributed by atoms with Crippen molar-refractivity contribution in [2.75, 3.05) is 79.5 Å². The van der Waals surface area contributed by atoms with E-state index in [1.807, 2.05) is 14.1 Å². The van der Waals surface area contributed by atoms with E-state index in [-0.39, 0.29) is 95.8 Å². The van der Waals surface area contributed by atoms with Crippen LogP contribution in [-0.4, -0.2) is 152 Å². The Morgan fingerprint density at radius 1 is 0.552 bits per heavy atom. The van der Waals surface area contributed by atoms with Crippen LogP contribution >= 0.6 is 23.2 Å². The van der Waals surface area contributed by atoms with Gasteiger partial charge >= 0.3 is 30.3 Å². The van der Waals surface area contributed by atoms with Crippen LogP contribution in [0.15, 0.2) is 91.2 Å². The molecule has 0 bridgehead atoms. The third kappa shape index (κ3) is 20.1. The van der Waals surface area contributed by atoms with Crippen molar-refractivity contribution in [1.82, 2.24) is 31.1 Å². The highest BCUT2D eigenvalue weighted by atomic mass is 35.5. The van der Waals surface area contributed by atoms with Gasteiger partial charge in [-0.2, -0.15) is 0 Å². The molecule has 2 aliphatic heterocycles. The maximum Gasteiger partial charge on any atom is 0.509 e. The van der Waals surface area contributed by atoms with Gasteiger partial charge in [-0.3, -0.25) is 19.2 Å². The second kappa shape index (κ2) is 31.5. The molecule has 2 amide bonds. The molecule has 520 valence electrons.